The fourth-order valence-corrected chi connectivity index (χ4v) is 1.49. The van der Waals surface area contributed by atoms with Crippen molar-refractivity contribution in [1.82, 2.24) is 10.2 Å². The van der Waals surface area contributed by atoms with Gasteiger partial charge in [0.1, 0.15) is 0 Å². The average molecular weight is 184 g/mol. The second kappa shape index (κ2) is 5.10. The summed E-state index contributed by atoms with van der Waals surface area (Å²) in [6.45, 7) is 5.80. The summed E-state index contributed by atoms with van der Waals surface area (Å²) < 4.78 is 0. The summed E-state index contributed by atoms with van der Waals surface area (Å²) in [5.41, 5.74) is 0. The number of amides is 2. The Morgan fingerprint density at radius 2 is 2.15 bits per heavy atom. The van der Waals surface area contributed by atoms with E-state index in [-0.39, 0.29) is 6.03 Å². The largest absolute Gasteiger partial charge is 0.335 e. The summed E-state index contributed by atoms with van der Waals surface area (Å²) in [5.74, 6) is 0. The average Bonchev–Trinajstić information content (AvgIpc) is 2.07. The number of hydrogen-bond acceptors (Lipinski definition) is 1. The summed E-state index contributed by atoms with van der Waals surface area (Å²) in [7, 11) is 0. The quantitative estimate of drug-likeness (QED) is 0.712. The van der Waals surface area contributed by atoms with Crippen molar-refractivity contribution in [2.24, 2.45) is 0 Å². The van der Waals surface area contributed by atoms with Gasteiger partial charge in [-0.05, 0) is 32.6 Å². The van der Waals surface area contributed by atoms with Crippen LogP contribution in [0.5, 0.6) is 0 Å². The Balaban J connectivity index is 2.25. The second-order valence-corrected chi connectivity index (χ2v) is 3.66. The van der Waals surface area contributed by atoms with E-state index >= 15 is 0 Å². The number of hydrogen-bond donors (Lipinski definition) is 1. The molecule has 0 aromatic heterocycles. The number of carbonyl (C=O) groups is 1. The lowest BCUT2D eigenvalue weighted by Crippen LogP contribution is -2.47. The molecule has 13 heavy (non-hydrogen) atoms. The second-order valence-electron chi connectivity index (χ2n) is 3.66. The van der Waals surface area contributed by atoms with E-state index in [9.17, 15) is 4.79 Å². The van der Waals surface area contributed by atoms with E-state index in [1.807, 2.05) is 11.8 Å². The lowest BCUT2D eigenvalue weighted by Gasteiger charge is -2.30. The molecule has 1 rings (SSSR count). The van der Waals surface area contributed by atoms with E-state index in [4.69, 9.17) is 0 Å². The lowest BCUT2D eigenvalue weighted by molar-refractivity contribution is 0.189. The molecule has 0 unspecified atom stereocenters. The number of nitrogens with zero attached hydrogens (tertiary/aromatic N) is 1. The molecule has 0 saturated heterocycles. The van der Waals surface area contributed by atoms with Gasteiger partial charge in [0.2, 0.25) is 0 Å². The van der Waals surface area contributed by atoms with Crippen LogP contribution in [0.4, 0.5) is 4.79 Å². The van der Waals surface area contributed by atoms with Gasteiger partial charge >= 0.3 is 6.03 Å². The van der Waals surface area contributed by atoms with E-state index in [1.165, 1.54) is 6.42 Å². The summed E-state index contributed by atoms with van der Waals surface area (Å²) in [6, 6.07) is 0.576. The third-order valence-electron chi connectivity index (χ3n) is 2.60. The van der Waals surface area contributed by atoms with Gasteiger partial charge in [0, 0.05) is 19.1 Å². The van der Waals surface area contributed by atoms with Crippen molar-refractivity contribution in [3.63, 3.8) is 0 Å². The van der Waals surface area contributed by atoms with Crippen LogP contribution < -0.4 is 5.32 Å². The van der Waals surface area contributed by atoms with Gasteiger partial charge in [-0.25, -0.2) is 4.79 Å². The van der Waals surface area contributed by atoms with Crippen molar-refractivity contribution in [2.75, 3.05) is 13.1 Å². The van der Waals surface area contributed by atoms with Gasteiger partial charge in [-0.15, -0.1) is 0 Å². The first kappa shape index (κ1) is 10.4. The number of nitrogens with one attached hydrogen (secondary N) is 1. The molecule has 0 aliphatic heterocycles. The molecular formula is C10H20N2O. The SMILES string of the molecule is CCCN(CC)C(=O)NC1CCC1. The highest BCUT2D eigenvalue weighted by Gasteiger charge is 2.21. The molecule has 1 fully saturated rings. The van der Waals surface area contributed by atoms with E-state index < -0.39 is 0 Å². The van der Waals surface area contributed by atoms with Crippen LogP contribution in [0.25, 0.3) is 0 Å². The number of carbonyl (C=O) groups excluding carboxylic acids is 1. The molecule has 3 heteroatoms. The Morgan fingerprint density at radius 3 is 2.54 bits per heavy atom. The summed E-state index contributed by atoms with van der Waals surface area (Å²) in [5, 5.41) is 3.04. The Labute approximate surface area is 80.5 Å². The molecule has 3 nitrogen and oxygen atoms in total. The van der Waals surface area contributed by atoms with Crippen molar-refractivity contribution < 1.29 is 4.79 Å². The molecule has 0 aromatic rings. The first-order chi connectivity index (χ1) is 6.27. The van der Waals surface area contributed by atoms with E-state index in [1.54, 1.807) is 0 Å². The van der Waals surface area contributed by atoms with E-state index in [2.05, 4.69) is 12.2 Å². The van der Waals surface area contributed by atoms with Crippen LogP contribution in [0.2, 0.25) is 0 Å². The Hall–Kier alpha value is -0.730. The molecular weight excluding hydrogens is 164 g/mol. The van der Waals surface area contributed by atoms with Crippen molar-refractivity contribution in [1.29, 1.82) is 0 Å². The van der Waals surface area contributed by atoms with Gasteiger partial charge in [0.25, 0.3) is 0 Å². The molecule has 0 spiro atoms. The predicted octanol–water partition coefficient (Wildman–Crippen LogP) is 1.98. The van der Waals surface area contributed by atoms with Gasteiger partial charge < -0.3 is 10.2 Å². The fourth-order valence-electron chi connectivity index (χ4n) is 1.49. The van der Waals surface area contributed by atoms with Gasteiger partial charge in [-0.2, -0.15) is 0 Å². The molecule has 0 aromatic carbocycles. The summed E-state index contributed by atoms with van der Waals surface area (Å²) in [4.78, 5) is 13.5. The molecule has 0 atom stereocenters. The monoisotopic (exact) mass is 184 g/mol. The van der Waals surface area contributed by atoms with Crippen LogP contribution in [0, 0.1) is 0 Å². The minimum atomic E-state index is 0.119. The Bertz CT molecular complexity index is 166. The van der Waals surface area contributed by atoms with E-state index in [0.29, 0.717) is 6.04 Å². The maximum atomic E-state index is 11.6. The minimum absolute atomic E-state index is 0.119. The number of rotatable bonds is 4. The molecule has 0 heterocycles. The van der Waals surface area contributed by atoms with Crippen LogP contribution in [-0.2, 0) is 0 Å². The topological polar surface area (TPSA) is 32.3 Å². The van der Waals surface area contributed by atoms with Gasteiger partial charge in [0.05, 0.1) is 0 Å². The van der Waals surface area contributed by atoms with Crippen LogP contribution in [0.1, 0.15) is 39.5 Å². The van der Waals surface area contributed by atoms with Crippen molar-refractivity contribution in [3.05, 3.63) is 0 Å². The smallest absolute Gasteiger partial charge is 0.317 e. The standard InChI is InChI=1S/C10H20N2O/c1-3-8-12(4-2)10(13)11-9-6-5-7-9/h9H,3-8H2,1-2H3,(H,11,13). The van der Waals surface area contributed by atoms with Crippen molar-refractivity contribution in [3.8, 4) is 0 Å². The molecule has 2 amide bonds. The first-order valence-electron chi connectivity index (χ1n) is 5.33. The van der Waals surface area contributed by atoms with Crippen LogP contribution in [-0.4, -0.2) is 30.1 Å². The molecule has 1 aliphatic rings. The number of urea groups is 1. The predicted molar refractivity (Wildman–Crippen MR) is 53.7 cm³/mol. The van der Waals surface area contributed by atoms with Crippen LogP contribution in [0.15, 0.2) is 0 Å². The Kier molecular flexibility index (Phi) is 4.06. The van der Waals surface area contributed by atoms with Crippen LogP contribution in [0.3, 0.4) is 0 Å². The maximum absolute atomic E-state index is 11.6. The molecule has 76 valence electrons. The third-order valence-corrected chi connectivity index (χ3v) is 2.60. The summed E-state index contributed by atoms with van der Waals surface area (Å²) >= 11 is 0. The highest BCUT2D eigenvalue weighted by Crippen LogP contribution is 2.18. The Morgan fingerprint density at radius 1 is 1.46 bits per heavy atom. The first-order valence-corrected chi connectivity index (χ1v) is 5.33. The van der Waals surface area contributed by atoms with Gasteiger partial charge in [-0.3, -0.25) is 0 Å². The minimum Gasteiger partial charge on any atom is -0.335 e. The highest BCUT2D eigenvalue weighted by atomic mass is 16.2. The highest BCUT2D eigenvalue weighted by molar-refractivity contribution is 5.74. The normalized spacial score (nSPS) is 16.5. The summed E-state index contributed by atoms with van der Waals surface area (Å²) in [6.07, 6.45) is 4.63. The third kappa shape index (κ3) is 2.90. The molecule has 0 bridgehead atoms. The molecule has 0 radical (unpaired) electrons. The zero-order valence-electron chi connectivity index (χ0n) is 8.68. The van der Waals surface area contributed by atoms with Gasteiger partial charge in [-0.1, -0.05) is 6.92 Å². The maximum Gasteiger partial charge on any atom is 0.317 e. The molecule has 1 saturated carbocycles. The fraction of sp³-hybridized carbons (Fsp3) is 0.900. The van der Waals surface area contributed by atoms with E-state index in [0.717, 1.165) is 32.4 Å². The van der Waals surface area contributed by atoms with Crippen LogP contribution >= 0.6 is 0 Å². The van der Waals surface area contributed by atoms with Crippen molar-refractivity contribution in [2.45, 2.75) is 45.6 Å². The molecule has 1 N–H and O–H groups in total. The zero-order valence-corrected chi connectivity index (χ0v) is 8.68. The van der Waals surface area contributed by atoms with Crippen molar-refractivity contribution >= 4 is 6.03 Å². The zero-order chi connectivity index (χ0) is 9.68. The lowest BCUT2D eigenvalue weighted by atomic mass is 9.93. The molecule has 1 aliphatic carbocycles. The van der Waals surface area contributed by atoms with Gasteiger partial charge in [0.15, 0.2) is 0 Å².